The molecule has 20 heavy (non-hydrogen) atoms. The van der Waals surface area contributed by atoms with Crippen LogP contribution in [0.5, 0.6) is 5.88 Å². The molecule has 3 aromatic rings. The standard InChI is InChI=1S/C12H8F2N4OS/c1-19-11-9-10(15-5-16-11)18(12(20)17-9)6-2-3-7(13)8(14)4-6/h2-5H,1H3,(H,17,20). The second-order valence-electron chi connectivity index (χ2n) is 3.95. The first-order chi connectivity index (χ1) is 9.61. The van der Waals surface area contributed by atoms with E-state index in [2.05, 4.69) is 15.0 Å². The minimum Gasteiger partial charge on any atom is -0.479 e. The highest BCUT2D eigenvalue weighted by Crippen LogP contribution is 2.24. The molecule has 0 amide bonds. The Labute approximate surface area is 116 Å². The highest BCUT2D eigenvalue weighted by atomic mass is 32.1. The monoisotopic (exact) mass is 294 g/mol. The zero-order valence-electron chi connectivity index (χ0n) is 10.2. The van der Waals surface area contributed by atoms with Crippen molar-refractivity contribution < 1.29 is 13.5 Å². The molecule has 1 N–H and O–H groups in total. The number of methoxy groups -OCH3 is 1. The number of H-pyrrole nitrogens is 1. The number of benzene rings is 1. The van der Waals surface area contributed by atoms with Gasteiger partial charge in [0.25, 0.3) is 0 Å². The zero-order chi connectivity index (χ0) is 14.3. The van der Waals surface area contributed by atoms with Gasteiger partial charge in [-0.1, -0.05) is 0 Å². The molecular weight excluding hydrogens is 286 g/mol. The van der Waals surface area contributed by atoms with Gasteiger partial charge in [-0.2, -0.15) is 4.98 Å². The quantitative estimate of drug-likeness (QED) is 0.738. The van der Waals surface area contributed by atoms with E-state index in [0.29, 0.717) is 22.7 Å². The van der Waals surface area contributed by atoms with E-state index >= 15 is 0 Å². The van der Waals surface area contributed by atoms with Crippen LogP contribution in [0, 0.1) is 16.4 Å². The number of nitrogens with zero attached hydrogens (tertiary/aromatic N) is 3. The Morgan fingerprint density at radius 2 is 2.05 bits per heavy atom. The Morgan fingerprint density at radius 3 is 2.75 bits per heavy atom. The van der Waals surface area contributed by atoms with Gasteiger partial charge in [0.1, 0.15) is 11.8 Å². The van der Waals surface area contributed by atoms with Gasteiger partial charge in [0, 0.05) is 6.07 Å². The molecule has 0 saturated heterocycles. The normalized spacial score (nSPS) is 10.9. The summed E-state index contributed by atoms with van der Waals surface area (Å²) >= 11 is 5.19. The lowest BCUT2D eigenvalue weighted by atomic mass is 10.3. The maximum atomic E-state index is 13.4. The number of nitrogens with one attached hydrogen (secondary N) is 1. The summed E-state index contributed by atoms with van der Waals surface area (Å²) in [6, 6.07) is 3.49. The van der Waals surface area contributed by atoms with E-state index in [-0.39, 0.29) is 4.77 Å². The van der Waals surface area contributed by atoms with Crippen molar-refractivity contribution in [2.75, 3.05) is 7.11 Å². The number of rotatable bonds is 2. The molecule has 0 saturated carbocycles. The molecule has 0 spiro atoms. The number of hydrogen-bond donors (Lipinski definition) is 1. The van der Waals surface area contributed by atoms with Crippen molar-refractivity contribution in [3.05, 3.63) is 40.9 Å². The first-order valence-electron chi connectivity index (χ1n) is 5.57. The number of aromatic nitrogens is 4. The summed E-state index contributed by atoms with van der Waals surface area (Å²) in [6.07, 6.45) is 1.31. The van der Waals surface area contributed by atoms with Crippen LogP contribution in [0.2, 0.25) is 0 Å². The van der Waals surface area contributed by atoms with E-state index in [1.807, 2.05) is 0 Å². The van der Waals surface area contributed by atoms with E-state index in [4.69, 9.17) is 17.0 Å². The minimum absolute atomic E-state index is 0.282. The smallest absolute Gasteiger partial charge is 0.242 e. The predicted octanol–water partition coefficient (Wildman–Crippen LogP) is 2.76. The Bertz CT molecular complexity index is 858. The van der Waals surface area contributed by atoms with Gasteiger partial charge in [-0.3, -0.25) is 4.57 Å². The summed E-state index contributed by atoms with van der Waals surface area (Å²) < 4.78 is 33.2. The molecule has 1 aromatic carbocycles. The van der Waals surface area contributed by atoms with E-state index in [0.717, 1.165) is 12.1 Å². The molecule has 0 atom stereocenters. The lowest BCUT2D eigenvalue weighted by molar-refractivity contribution is 0.401. The zero-order valence-corrected chi connectivity index (χ0v) is 11.0. The van der Waals surface area contributed by atoms with Crippen LogP contribution in [0.3, 0.4) is 0 Å². The molecule has 0 fully saturated rings. The minimum atomic E-state index is -0.959. The van der Waals surface area contributed by atoms with Crippen molar-refractivity contribution in [2.24, 2.45) is 0 Å². The van der Waals surface area contributed by atoms with E-state index in [9.17, 15) is 8.78 Å². The maximum Gasteiger partial charge on any atom is 0.242 e. The van der Waals surface area contributed by atoms with Gasteiger partial charge >= 0.3 is 0 Å². The van der Waals surface area contributed by atoms with Crippen molar-refractivity contribution in [3.63, 3.8) is 0 Å². The average Bonchev–Trinajstić information content (AvgIpc) is 2.78. The molecule has 2 aromatic heterocycles. The third-order valence-electron chi connectivity index (χ3n) is 2.79. The summed E-state index contributed by atoms with van der Waals surface area (Å²) in [7, 11) is 1.47. The Balaban J connectivity index is 2.33. The predicted molar refractivity (Wildman–Crippen MR) is 70.5 cm³/mol. The van der Waals surface area contributed by atoms with Gasteiger partial charge in [-0.25, -0.2) is 13.8 Å². The van der Waals surface area contributed by atoms with Crippen molar-refractivity contribution in [2.45, 2.75) is 0 Å². The second kappa shape index (κ2) is 4.64. The van der Waals surface area contributed by atoms with Gasteiger partial charge in [-0.15, -0.1) is 0 Å². The highest BCUT2D eigenvalue weighted by molar-refractivity contribution is 7.71. The van der Waals surface area contributed by atoms with Crippen LogP contribution in [-0.4, -0.2) is 26.6 Å². The third kappa shape index (κ3) is 1.85. The van der Waals surface area contributed by atoms with Crippen molar-refractivity contribution >= 4 is 23.4 Å². The lowest BCUT2D eigenvalue weighted by Gasteiger charge is -2.04. The molecule has 5 nitrogen and oxygen atoms in total. The highest BCUT2D eigenvalue weighted by Gasteiger charge is 2.14. The summed E-state index contributed by atoms with van der Waals surface area (Å²) in [5.41, 5.74) is 1.28. The molecule has 8 heteroatoms. The van der Waals surface area contributed by atoms with Crippen molar-refractivity contribution in [1.82, 2.24) is 19.5 Å². The fraction of sp³-hybridized carbons (Fsp3) is 0.0833. The van der Waals surface area contributed by atoms with Gasteiger partial charge < -0.3 is 9.72 Å². The van der Waals surface area contributed by atoms with E-state index < -0.39 is 11.6 Å². The van der Waals surface area contributed by atoms with Crippen LogP contribution in [-0.2, 0) is 0 Å². The molecule has 0 bridgehead atoms. The summed E-state index contributed by atoms with van der Waals surface area (Å²) in [6.45, 7) is 0. The Morgan fingerprint density at radius 1 is 1.25 bits per heavy atom. The number of imidazole rings is 1. The van der Waals surface area contributed by atoms with Crippen LogP contribution in [0.4, 0.5) is 8.78 Å². The first kappa shape index (κ1) is 12.7. The second-order valence-corrected chi connectivity index (χ2v) is 4.33. The lowest BCUT2D eigenvalue weighted by Crippen LogP contribution is -1.98. The molecule has 0 aliphatic carbocycles. The molecule has 0 radical (unpaired) electrons. The number of aromatic amines is 1. The maximum absolute atomic E-state index is 13.4. The molecular formula is C12H8F2N4OS. The van der Waals surface area contributed by atoms with Crippen LogP contribution in [0.1, 0.15) is 0 Å². The average molecular weight is 294 g/mol. The topological polar surface area (TPSA) is 55.7 Å². The van der Waals surface area contributed by atoms with Gasteiger partial charge in [-0.05, 0) is 24.4 Å². The SMILES string of the molecule is COc1ncnc2c1[nH]c(=S)n2-c1ccc(F)c(F)c1. The van der Waals surface area contributed by atoms with Gasteiger partial charge in [0.15, 0.2) is 22.1 Å². The van der Waals surface area contributed by atoms with Crippen molar-refractivity contribution in [3.8, 4) is 11.6 Å². The fourth-order valence-electron chi connectivity index (χ4n) is 1.92. The fourth-order valence-corrected chi connectivity index (χ4v) is 2.21. The summed E-state index contributed by atoms with van der Waals surface area (Å²) in [5.74, 6) is -1.56. The van der Waals surface area contributed by atoms with Crippen LogP contribution >= 0.6 is 12.2 Å². The number of fused-ring (bicyclic) bond motifs is 1. The molecule has 2 heterocycles. The molecule has 3 rings (SSSR count). The summed E-state index contributed by atoms with van der Waals surface area (Å²) in [5, 5.41) is 0. The number of hydrogen-bond acceptors (Lipinski definition) is 4. The van der Waals surface area contributed by atoms with Crippen LogP contribution in [0.25, 0.3) is 16.9 Å². The van der Waals surface area contributed by atoms with Crippen LogP contribution < -0.4 is 4.74 Å². The molecule has 0 unspecified atom stereocenters. The molecule has 0 aliphatic rings. The van der Waals surface area contributed by atoms with E-state index in [1.165, 1.54) is 24.1 Å². The number of ether oxygens (including phenoxy) is 1. The Kier molecular flexibility index (Phi) is 2.94. The Hall–Kier alpha value is -2.35. The molecule has 102 valence electrons. The third-order valence-corrected chi connectivity index (χ3v) is 3.08. The van der Waals surface area contributed by atoms with Crippen LogP contribution in [0.15, 0.2) is 24.5 Å². The first-order valence-corrected chi connectivity index (χ1v) is 5.98. The number of halogens is 2. The largest absolute Gasteiger partial charge is 0.479 e. The summed E-state index contributed by atoms with van der Waals surface area (Å²) in [4.78, 5) is 10.9. The van der Waals surface area contributed by atoms with Gasteiger partial charge in [0.05, 0.1) is 12.8 Å². The van der Waals surface area contributed by atoms with Crippen molar-refractivity contribution in [1.29, 1.82) is 0 Å². The van der Waals surface area contributed by atoms with Gasteiger partial charge in [0.2, 0.25) is 5.88 Å². The molecule has 0 aliphatic heterocycles. The van der Waals surface area contributed by atoms with E-state index in [1.54, 1.807) is 0 Å².